The third kappa shape index (κ3) is 9.92. The summed E-state index contributed by atoms with van der Waals surface area (Å²) in [6.45, 7) is 10.6. The molecule has 0 N–H and O–H groups in total. The number of fused-ring (bicyclic) bond motifs is 1. The van der Waals surface area contributed by atoms with Crippen molar-refractivity contribution in [3.8, 4) is 22.8 Å². The Bertz CT molecular complexity index is 1350. The highest BCUT2D eigenvalue weighted by atomic mass is 16.5. The van der Waals surface area contributed by atoms with Crippen LogP contribution in [0, 0.1) is 13.8 Å². The number of hydrogen-bond acceptors (Lipinski definition) is 5. The Labute approximate surface area is 272 Å². The molecule has 6 heteroatoms. The second kappa shape index (κ2) is 17.5. The predicted molar refractivity (Wildman–Crippen MR) is 184 cm³/mol. The summed E-state index contributed by atoms with van der Waals surface area (Å²) in [7, 11) is 0. The predicted octanol–water partition coefficient (Wildman–Crippen LogP) is 10.5. The van der Waals surface area contributed by atoms with Gasteiger partial charge in [-0.15, -0.1) is 5.10 Å². The van der Waals surface area contributed by atoms with Gasteiger partial charge in [-0.1, -0.05) is 126 Å². The highest BCUT2D eigenvalue weighted by molar-refractivity contribution is 5.72. The number of carbonyl (C=O) groups excluding carboxylic acids is 1. The maximum atomic E-state index is 12.2. The van der Waals surface area contributed by atoms with Crippen LogP contribution >= 0.6 is 0 Å². The molecule has 0 amide bonds. The summed E-state index contributed by atoms with van der Waals surface area (Å²) in [6.07, 6.45) is 23.8. The molecule has 4 rings (SSSR count). The van der Waals surface area contributed by atoms with Crippen LogP contribution in [0.5, 0.6) is 11.5 Å². The Kier molecular flexibility index (Phi) is 13.5. The molecule has 1 aliphatic rings. The number of esters is 1. The SMILES string of the molecule is CCCCCCCCCCCCCCCCC1(C)CCc2c(Cn3nncc3-c3ccccc3)c(OC(C)=O)c(C)c(C)c2O1. The van der Waals surface area contributed by atoms with Crippen LogP contribution in [0.1, 0.15) is 146 Å². The van der Waals surface area contributed by atoms with Crippen LogP contribution in [0.25, 0.3) is 11.3 Å². The lowest BCUT2D eigenvalue weighted by molar-refractivity contribution is -0.132. The molecular formula is C39H57N3O3. The van der Waals surface area contributed by atoms with Crippen LogP contribution < -0.4 is 9.47 Å². The zero-order valence-electron chi connectivity index (χ0n) is 28.8. The van der Waals surface area contributed by atoms with E-state index in [0.29, 0.717) is 12.3 Å². The van der Waals surface area contributed by atoms with Gasteiger partial charge in [-0.05, 0) is 57.6 Å². The number of nitrogens with zero attached hydrogens (tertiary/aromatic N) is 3. The summed E-state index contributed by atoms with van der Waals surface area (Å²) in [6, 6.07) is 10.2. The van der Waals surface area contributed by atoms with Gasteiger partial charge in [-0.2, -0.15) is 0 Å². The van der Waals surface area contributed by atoms with Gasteiger partial charge in [0, 0.05) is 23.6 Å². The van der Waals surface area contributed by atoms with Gasteiger partial charge in [0.25, 0.3) is 0 Å². The molecular weight excluding hydrogens is 558 g/mol. The van der Waals surface area contributed by atoms with E-state index in [0.717, 1.165) is 58.5 Å². The monoisotopic (exact) mass is 615 g/mol. The minimum Gasteiger partial charge on any atom is -0.487 e. The molecule has 45 heavy (non-hydrogen) atoms. The summed E-state index contributed by atoms with van der Waals surface area (Å²) in [5, 5.41) is 8.65. The Morgan fingerprint density at radius 3 is 2.09 bits per heavy atom. The van der Waals surface area contributed by atoms with Crippen molar-refractivity contribution >= 4 is 5.97 Å². The van der Waals surface area contributed by atoms with Crippen LogP contribution in [0.4, 0.5) is 0 Å². The van der Waals surface area contributed by atoms with E-state index in [1.54, 1.807) is 6.20 Å². The highest BCUT2D eigenvalue weighted by Crippen LogP contribution is 2.46. The van der Waals surface area contributed by atoms with Crippen molar-refractivity contribution in [3.05, 3.63) is 58.8 Å². The molecule has 1 atom stereocenters. The van der Waals surface area contributed by atoms with Crippen molar-refractivity contribution in [2.45, 2.75) is 156 Å². The first kappa shape index (κ1) is 34.7. The first-order valence-corrected chi connectivity index (χ1v) is 17.8. The quantitative estimate of drug-likeness (QED) is 0.0762. The molecule has 0 spiro atoms. The Morgan fingerprint density at radius 1 is 0.889 bits per heavy atom. The summed E-state index contributed by atoms with van der Waals surface area (Å²) in [5.74, 6) is 1.27. The molecule has 0 fully saturated rings. The fourth-order valence-corrected chi connectivity index (χ4v) is 6.83. The molecule has 246 valence electrons. The van der Waals surface area contributed by atoms with Crippen molar-refractivity contribution in [1.82, 2.24) is 15.0 Å². The molecule has 0 saturated heterocycles. The van der Waals surface area contributed by atoms with Crippen LogP contribution in [0.3, 0.4) is 0 Å². The normalized spacial score (nSPS) is 15.9. The summed E-state index contributed by atoms with van der Waals surface area (Å²) < 4.78 is 14.7. The molecule has 2 aromatic carbocycles. The van der Waals surface area contributed by atoms with Gasteiger partial charge in [0.1, 0.15) is 17.1 Å². The Hall–Kier alpha value is -3.15. The van der Waals surface area contributed by atoms with Gasteiger partial charge < -0.3 is 9.47 Å². The molecule has 0 saturated carbocycles. The average molecular weight is 616 g/mol. The van der Waals surface area contributed by atoms with E-state index in [9.17, 15) is 4.79 Å². The minimum atomic E-state index is -0.319. The van der Waals surface area contributed by atoms with Gasteiger partial charge in [0.2, 0.25) is 0 Å². The minimum absolute atomic E-state index is 0.190. The van der Waals surface area contributed by atoms with E-state index in [4.69, 9.17) is 9.47 Å². The van der Waals surface area contributed by atoms with Gasteiger partial charge in [0.15, 0.2) is 0 Å². The third-order valence-corrected chi connectivity index (χ3v) is 9.71. The molecule has 0 bridgehead atoms. The lowest BCUT2D eigenvalue weighted by Crippen LogP contribution is -2.37. The van der Waals surface area contributed by atoms with Crippen molar-refractivity contribution in [3.63, 3.8) is 0 Å². The van der Waals surface area contributed by atoms with Crippen molar-refractivity contribution in [2.75, 3.05) is 0 Å². The fourth-order valence-electron chi connectivity index (χ4n) is 6.83. The molecule has 3 aromatic rings. The van der Waals surface area contributed by atoms with Crippen molar-refractivity contribution in [2.24, 2.45) is 0 Å². The van der Waals surface area contributed by atoms with Crippen LogP contribution in [-0.4, -0.2) is 26.6 Å². The second-order valence-corrected chi connectivity index (χ2v) is 13.5. The molecule has 1 aliphatic heterocycles. The Morgan fingerprint density at radius 2 is 1.49 bits per heavy atom. The van der Waals surface area contributed by atoms with E-state index in [1.807, 2.05) is 29.8 Å². The summed E-state index contributed by atoms with van der Waals surface area (Å²) in [4.78, 5) is 12.2. The van der Waals surface area contributed by atoms with Crippen molar-refractivity contribution < 1.29 is 14.3 Å². The number of unbranched alkanes of at least 4 members (excludes halogenated alkanes) is 13. The summed E-state index contributed by atoms with van der Waals surface area (Å²) >= 11 is 0. The fraction of sp³-hybridized carbons (Fsp3) is 0.615. The number of aromatic nitrogens is 3. The maximum Gasteiger partial charge on any atom is 0.308 e. The third-order valence-electron chi connectivity index (χ3n) is 9.71. The molecule has 2 heterocycles. The highest BCUT2D eigenvalue weighted by Gasteiger charge is 2.35. The van der Waals surface area contributed by atoms with Crippen molar-refractivity contribution in [1.29, 1.82) is 0 Å². The second-order valence-electron chi connectivity index (χ2n) is 13.5. The van der Waals surface area contributed by atoms with Gasteiger partial charge in [0.05, 0.1) is 18.4 Å². The first-order chi connectivity index (χ1) is 21.8. The topological polar surface area (TPSA) is 66.2 Å². The van der Waals surface area contributed by atoms with Gasteiger partial charge in [-0.25, -0.2) is 4.68 Å². The molecule has 0 radical (unpaired) electrons. The number of rotatable bonds is 19. The van der Waals surface area contributed by atoms with Crippen LogP contribution in [-0.2, 0) is 17.8 Å². The van der Waals surface area contributed by atoms with E-state index in [2.05, 4.69) is 43.2 Å². The molecule has 6 nitrogen and oxygen atoms in total. The standard InChI is InChI=1S/C39H57N3O3/c1-6-7-8-9-10-11-12-13-14-15-16-17-18-22-26-39(5)27-25-34-35(37(44-32(4)43)30(2)31(3)38(34)45-39)29-42-36(28-40-41-42)33-23-20-19-21-24-33/h19-21,23-24,28H,6-18,22,25-27,29H2,1-5H3. The zero-order valence-corrected chi connectivity index (χ0v) is 28.8. The lowest BCUT2D eigenvalue weighted by atomic mass is 9.84. The van der Waals surface area contributed by atoms with Gasteiger partial charge in [-0.3, -0.25) is 4.79 Å². The Balaban J connectivity index is 1.33. The molecule has 0 aliphatic carbocycles. The largest absolute Gasteiger partial charge is 0.487 e. The van der Waals surface area contributed by atoms with E-state index < -0.39 is 0 Å². The van der Waals surface area contributed by atoms with Crippen LogP contribution in [0.15, 0.2) is 36.5 Å². The zero-order chi connectivity index (χ0) is 32.1. The number of benzene rings is 2. The average Bonchev–Trinajstić information content (AvgIpc) is 3.50. The van der Waals surface area contributed by atoms with E-state index in [-0.39, 0.29) is 11.6 Å². The molecule has 1 unspecified atom stereocenters. The first-order valence-electron chi connectivity index (χ1n) is 17.8. The van der Waals surface area contributed by atoms with Gasteiger partial charge >= 0.3 is 5.97 Å². The van der Waals surface area contributed by atoms with E-state index >= 15 is 0 Å². The number of carbonyl (C=O) groups is 1. The number of hydrogen-bond donors (Lipinski definition) is 0. The lowest BCUT2D eigenvalue weighted by Gasteiger charge is -2.38. The number of ether oxygens (including phenoxy) is 2. The summed E-state index contributed by atoms with van der Waals surface area (Å²) in [5.41, 5.74) is 5.87. The smallest absolute Gasteiger partial charge is 0.308 e. The van der Waals surface area contributed by atoms with Crippen LogP contribution in [0.2, 0.25) is 0 Å². The van der Waals surface area contributed by atoms with E-state index in [1.165, 1.54) is 96.8 Å². The molecule has 1 aromatic heterocycles. The maximum absolute atomic E-state index is 12.2.